The quantitative estimate of drug-likeness (QED) is 0.925. The summed E-state index contributed by atoms with van der Waals surface area (Å²) < 4.78 is 13.7. The predicted octanol–water partition coefficient (Wildman–Crippen LogP) is 3.07. The summed E-state index contributed by atoms with van der Waals surface area (Å²) in [6.45, 7) is 2.83. The molecule has 0 saturated heterocycles. The van der Waals surface area contributed by atoms with Crippen LogP contribution in [-0.2, 0) is 0 Å². The van der Waals surface area contributed by atoms with E-state index in [2.05, 4.69) is 31.2 Å². The number of benzene rings is 1. The lowest BCUT2D eigenvalue weighted by atomic mass is 9.75. The number of hydrogen-bond acceptors (Lipinski definition) is 2. The van der Waals surface area contributed by atoms with Crippen molar-refractivity contribution in [3.8, 4) is 0 Å². The molecule has 0 radical (unpaired) electrons. The van der Waals surface area contributed by atoms with Gasteiger partial charge in [-0.15, -0.1) is 0 Å². The summed E-state index contributed by atoms with van der Waals surface area (Å²) in [4.78, 5) is 14.4. The van der Waals surface area contributed by atoms with Gasteiger partial charge in [0.1, 0.15) is 5.82 Å². The predicted molar refractivity (Wildman–Crippen MR) is 82.8 cm³/mol. The second kappa shape index (κ2) is 6.56. The van der Waals surface area contributed by atoms with Gasteiger partial charge in [0.25, 0.3) is 5.91 Å². The van der Waals surface area contributed by atoms with Crippen LogP contribution in [0, 0.1) is 11.7 Å². The molecule has 0 aromatic heterocycles. The first kappa shape index (κ1) is 16.0. The van der Waals surface area contributed by atoms with Gasteiger partial charge in [-0.1, -0.05) is 31.9 Å². The highest BCUT2D eigenvalue weighted by molar-refractivity contribution is 5.94. The number of amides is 1. The molecule has 2 unspecified atom stereocenters. The monoisotopic (exact) mass is 292 g/mol. The largest absolute Gasteiger partial charge is 0.350 e. The van der Waals surface area contributed by atoms with Crippen molar-refractivity contribution in [3.63, 3.8) is 0 Å². The maximum Gasteiger partial charge on any atom is 0.254 e. The van der Waals surface area contributed by atoms with Crippen molar-refractivity contribution in [2.24, 2.45) is 5.92 Å². The highest BCUT2D eigenvalue weighted by Gasteiger charge is 2.37. The lowest BCUT2D eigenvalue weighted by molar-refractivity contribution is 0.0673. The Morgan fingerprint density at radius 2 is 2.14 bits per heavy atom. The fourth-order valence-corrected chi connectivity index (χ4v) is 3.34. The van der Waals surface area contributed by atoms with E-state index < -0.39 is 5.82 Å². The number of carbonyl (C=O) groups excluding carboxylic acids is 1. The zero-order valence-electron chi connectivity index (χ0n) is 13.2. The van der Waals surface area contributed by atoms with Gasteiger partial charge in [0.2, 0.25) is 0 Å². The number of likely N-dealkylation sites (N-methyl/N-ethyl adjacent to an activating group) is 1. The second-order valence-electron chi connectivity index (χ2n) is 6.48. The zero-order valence-corrected chi connectivity index (χ0v) is 13.2. The molecule has 1 aromatic rings. The molecule has 116 valence electrons. The maximum absolute atomic E-state index is 13.7. The topological polar surface area (TPSA) is 32.3 Å². The lowest BCUT2D eigenvalue weighted by Gasteiger charge is -2.45. The van der Waals surface area contributed by atoms with Crippen LogP contribution in [0.4, 0.5) is 4.39 Å². The SMILES string of the molecule is CC1CCCC(CNC(=O)c2ccccc2F)(N(C)C)C1. The molecule has 0 heterocycles. The van der Waals surface area contributed by atoms with Crippen molar-refractivity contribution in [1.29, 1.82) is 0 Å². The van der Waals surface area contributed by atoms with Crippen molar-refractivity contribution < 1.29 is 9.18 Å². The number of nitrogens with zero attached hydrogens (tertiary/aromatic N) is 1. The third kappa shape index (κ3) is 3.62. The summed E-state index contributed by atoms with van der Waals surface area (Å²) in [6.07, 6.45) is 4.56. The van der Waals surface area contributed by atoms with Crippen molar-refractivity contribution in [2.45, 2.75) is 38.1 Å². The Labute approximate surface area is 126 Å². The van der Waals surface area contributed by atoms with E-state index in [1.807, 2.05) is 0 Å². The standard InChI is InChI=1S/C17H25FN2O/c1-13-7-6-10-17(11-13,20(2)3)12-19-16(21)14-8-4-5-9-15(14)18/h4-5,8-9,13H,6-7,10-12H2,1-3H3,(H,19,21). The molecule has 21 heavy (non-hydrogen) atoms. The van der Waals surface area contributed by atoms with Crippen molar-refractivity contribution >= 4 is 5.91 Å². The first-order valence-electron chi connectivity index (χ1n) is 7.65. The number of carbonyl (C=O) groups is 1. The van der Waals surface area contributed by atoms with E-state index >= 15 is 0 Å². The molecule has 1 fully saturated rings. The Morgan fingerprint density at radius 1 is 1.43 bits per heavy atom. The minimum atomic E-state index is -0.467. The average molecular weight is 292 g/mol. The molecular weight excluding hydrogens is 267 g/mol. The van der Waals surface area contributed by atoms with Gasteiger partial charge in [0.05, 0.1) is 5.56 Å². The highest BCUT2D eigenvalue weighted by atomic mass is 19.1. The average Bonchev–Trinajstić information content (AvgIpc) is 2.45. The molecule has 1 aromatic carbocycles. The molecule has 0 aliphatic heterocycles. The van der Waals surface area contributed by atoms with E-state index in [4.69, 9.17) is 0 Å². The maximum atomic E-state index is 13.7. The van der Waals surface area contributed by atoms with Crippen LogP contribution in [-0.4, -0.2) is 37.0 Å². The van der Waals surface area contributed by atoms with E-state index in [0.717, 1.165) is 12.8 Å². The van der Waals surface area contributed by atoms with E-state index in [1.165, 1.54) is 25.0 Å². The van der Waals surface area contributed by atoms with Crippen molar-refractivity contribution in [2.75, 3.05) is 20.6 Å². The van der Waals surface area contributed by atoms with Crippen LogP contribution in [0.1, 0.15) is 43.0 Å². The second-order valence-corrected chi connectivity index (χ2v) is 6.48. The van der Waals surface area contributed by atoms with Crippen molar-refractivity contribution in [3.05, 3.63) is 35.6 Å². The van der Waals surface area contributed by atoms with Crippen molar-refractivity contribution in [1.82, 2.24) is 10.2 Å². The van der Waals surface area contributed by atoms with Gasteiger partial charge in [-0.25, -0.2) is 4.39 Å². The number of hydrogen-bond donors (Lipinski definition) is 1. The molecule has 1 saturated carbocycles. The normalized spacial score (nSPS) is 25.9. The fourth-order valence-electron chi connectivity index (χ4n) is 3.34. The molecule has 1 amide bonds. The Bertz CT molecular complexity index is 503. The van der Waals surface area contributed by atoms with Crippen LogP contribution in [0.15, 0.2) is 24.3 Å². The van der Waals surface area contributed by atoms with Crippen LogP contribution in [0.25, 0.3) is 0 Å². The minimum Gasteiger partial charge on any atom is -0.350 e. The van der Waals surface area contributed by atoms with Crippen LogP contribution in [0.3, 0.4) is 0 Å². The Morgan fingerprint density at radius 3 is 2.76 bits per heavy atom. The highest BCUT2D eigenvalue weighted by Crippen LogP contribution is 2.35. The number of rotatable bonds is 4. The van der Waals surface area contributed by atoms with Gasteiger partial charge < -0.3 is 10.2 Å². The molecule has 2 atom stereocenters. The van der Waals surface area contributed by atoms with Gasteiger partial charge in [-0.3, -0.25) is 4.79 Å². The molecule has 4 heteroatoms. The molecule has 1 aliphatic rings. The molecule has 0 spiro atoms. The number of halogens is 1. The van der Waals surface area contributed by atoms with Gasteiger partial charge in [-0.2, -0.15) is 0 Å². The molecular formula is C17H25FN2O. The van der Waals surface area contributed by atoms with Gasteiger partial charge in [0, 0.05) is 12.1 Å². The van der Waals surface area contributed by atoms with Crippen LogP contribution in [0.2, 0.25) is 0 Å². The summed E-state index contributed by atoms with van der Waals surface area (Å²) >= 11 is 0. The minimum absolute atomic E-state index is 0.0153. The third-order valence-corrected chi connectivity index (χ3v) is 4.71. The third-order valence-electron chi connectivity index (χ3n) is 4.71. The fraction of sp³-hybridized carbons (Fsp3) is 0.588. The van der Waals surface area contributed by atoms with E-state index in [-0.39, 0.29) is 17.0 Å². The Hall–Kier alpha value is -1.42. The van der Waals surface area contributed by atoms with Gasteiger partial charge >= 0.3 is 0 Å². The van der Waals surface area contributed by atoms with E-state index in [0.29, 0.717) is 12.5 Å². The molecule has 2 rings (SSSR count). The first-order chi connectivity index (χ1) is 9.94. The first-order valence-corrected chi connectivity index (χ1v) is 7.65. The lowest BCUT2D eigenvalue weighted by Crippen LogP contribution is -2.55. The van der Waals surface area contributed by atoms with Gasteiger partial charge in [-0.05, 0) is 45.0 Å². The molecule has 1 aliphatic carbocycles. The summed E-state index contributed by atoms with van der Waals surface area (Å²) in [5.74, 6) is -0.134. The molecule has 1 N–H and O–H groups in total. The van der Waals surface area contributed by atoms with E-state index in [9.17, 15) is 9.18 Å². The van der Waals surface area contributed by atoms with Crippen LogP contribution in [0.5, 0.6) is 0 Å². The Balaban J connectivity index is 2.06. The van der Waals surface area contributed by atoms with Crippen LogP contribution >= 0.6 is 0 Å². The smallest absolute Gasteiger partial charge is 0.254 e. The van der Waals surface area contributed by atoms with Gasteiger partial charge in [0.15, 0.2) is 0 Å². The summed E-state index contributed by atoms with van der Waals surface area (Å²) in [5, 5.41) is 2.93. The summed E-state index contributed by atoms with van der Waals surface area (Å²) in [5.41, 5.74) is 0.105. The van der Waals surface area contributed by atoms with Crippen LogP contribution < -0.4 is 5.32 Å². The zero-order chi connectivity index (χ0) is 15.5. The molecule has 3 nitrogen and oxygen atoms in total. The number of nitrogens with one attached hydrogen (secondary N) is 1. The molecule has 0 bridgehead atoms. The summed E-state index contributed by atoms with van der Waals surface area (Å²) in [6, 6.07) is 6.12. The Kier molecular flexibility index (Phi) is 4.99. The summed E-state index contributed by atoms with van der Waals surface area (Å²) in [7, 11) is 4.13. The van der Waals surface area contributed by atoms with E-state index in [1.54, 1.807) is 12.1 Å².